The van der Waals surface area contributed by atoms with E-state index in [1.54, 1.807) is 19.2 Å². The largest absolute Gasteiger partial charge is 0.437 e. The average Bonchev–Trinajstić information content (AvgIpc) is 2.61. The molecule has 6 nitrogen and oxygen atoms in total. The number of amides is 1. The molecule has 134 valence electrons. The molecule has 25 heavy (non-hydrogen) atoms. The monoisotopic (exact) mass is 412 g/mol. The smallest absolute Gasteiger partial charge is 0.257 e. The van der Waals surface area contributed by atoms with Crippen molar-refractivity contribution in [2.24, 2.45) is 0 Å². The lowest BCUT2D eigenvalue weighted by molar-refractivity contribution is 0.0892. The average molecular weight is 413 g/mol. The van der Waals surface area contributed by atoms with Crippen LogP contribution in [0.3, 0.4) is 0 Å². The van der Waals surface area contributed by atoms with E-state index in [0.29, 0.717) is 23.2 Å². The molecule has 0 unspecified atom stereocenters. The zero-order valence-electron chi connectivity index (χ0n) is 13.5. The van der Waals surface area contributed by atoms with E-state index in [0.717, 1.165) is 0 Å². The van der Waals surface area contributed by atoms with Gasteiger partial charge in [-0.25, -0.2) is 9.37 Å². The van der Waals surface area contributed by atoms with Crippen molar-refractivity contribution in [2.45, 2.75) is 12.5 Å². The predicted molar refractivity (Wildman–Crippen MR) is 93.2 cm³/mol. The molecule has 0 spiro atoms. The number of halogens is 2. The van der Waals surface area contributed by atoms with Gasteiger partial charge in [0.1, 0.15) is 17.1 Å². The van der Waals surface area contributed by atoms with Crippen LogP contribution < -0.4 is 10.1 Å². The van der Waals surface area contributed by atoms with E-state index < -0.39 is 17.8 Å². The molecule has 0 saturated carbocycles. The van der Waals surface area contributed by atoms with Crippen LogP contribution in [0.25, 0.3) is 0 Å². The first-order chi connectivity index (χ1) is 12.0. The minimum atomic E-state index is -0.446. The summed E-state index contributed by atoms with van der Waals surface area (Å²) in [4.78, 5) is 16.5. The van der Waals surface area contributed by atoms with Crippen molar-refractivity contribution in [3.8, 4) is 11.6 Å². The number of hydrogen-bond acceptors (Lipinski definition) is 5. The third-order valence-corrected chi connectivity index (χ3v) is 3.96. The molecular formula is C17H18BrFN2O4. The number of benzene rings is 1. The minimum Gasteiger partial charge on any atom is -0.437 e. The first-order valence-electron chi connectivity index (χ1n) is 7.53. The number of pyridine rings is 1. The van der Waals surface area contributed by atoms with E-state index in [1.165, 1.54) is 24.4 Å². The van der Waals surface area contributed by atoms with Crippen LogP contribution in [0.1, 0.15) is 16.8 Å². The molecule has 2 aromatic rings. The topological polar surface area (TPSA) is 80.7 Å². The molecule has 0 saturated heterocycles. The van der Waals surface area contributed by atoms with Gasteiger partial charge in [0.05, 0.1) is 17.1 Å². The number of carbonyl (C=O) groups excluding carboxylic acids is 1. The van der Waals surface area contributed by atoms with Gasteiger partial charge in [-0.3, -0.25) is 4.79 Å². The van der Waals surface area contributed by atoms with Crippen molar-refractivity contribution in [2.75, 3.05) is 20.3 Å². The van der Waals surface area contributed by atoms with E-state index >= 15 is 0 Å². The summed E-state index contributed by atoms with van der Waals surface area (Å²) in [5.41, 5.74) is 0.203. The zero-order chi connectivity index (χ0) is 18.2. The molecule has 1 atom stereocenters. The van der Waals surface area contributed by atoms with Crippen molar-refractivity contribution < 1.29 is 23.8 Å². The maximum absolute atomic E-state index is 13.2. The second kappa shape index (κ2) is 9.45. The highest BCUT2D eigenvalue weighted by Crippen LogP contribution is 2.30. The van der Waals surface area contributed by atoms with E-state index in [2.05, 4.69) is 26.2 Å². The number of nitrogens with one attached hydrogen (secondary N) is 1. The number of carbonyl (C=O) groups is 1. The highest BCUT2D eigenvalue weighted by Gasteiger charge is 2.18. The summed E-state index contributed by atoms with van der Waals surface area (Å²) in [5, 5.41) is 12.1. The van der Waals surface area contributed by atoms with Gasteiger partial charge in [-0.05, 0) is 52.7 Å². The summed E-state index contributed by atoms with van der Waals surface area (Å²) >= 11 is 3.21. The highest BCUT2D eigenvalue weighted by atomic mass is 79.9. The summed E-state index contributed by atoms with van der Waals surface area (Å²) in [6.45, 7) is 0.194. The number of aliphatic hydroxyl groups excluding tert-OH is 1. The van der Waals surface area contributed by atoms with E-state index in [-0.39, 0.29) is 18.1 Å². The molecule has 2 rings (SSSR count). The molecule has 0 aliphatic heterocycles. The summed E-state index contributed by atoms with van der Waals surface area (Å²) in [6.07, 6.45) is 1.96. The van der Waals surface area contributed by atoms with Crippen molar-refractivity contribution in [3.05, 3.63) is 52.4 Å². The van der Waals surface area contributed by atoms with Crippen molar-refractivity contribution in [1.82, 2.24) is 10.3 Å². The van der Waals surface area contributed by atoms with Crippen LogP contribution in [0.2, 0.25) is 0 Å². The summed E-state index contributed by atoms with van der Waals surface area (Å²) < 4.78 is 24.2. The molecule has 0 aliphatic carbocycles. The number of methoxy groups -OCH3 is 1. The van der Waals surface area contributed by atoms with Gasteiger partial charge in [0, 0.05) is 19.9 Å². The molecule has 1 amide bonds. The van der Waals surface area contributed by atoms with Crippen LogP contribution in [-0.2, 0) is 4.74 Å². The lowest BCUT2D eigenvalue weighted by atomic mass is 10.2. The number of rotatable bonds is 8. The summed E-state index contributed by atoms with van der Waals surface area (Å²) in [5.74, 6) is -0.443. The van der Waals surface area contributed by atoms with Gasteiger partial charge in [0.15, 0.2) is 0 Å². The van der Waals surface area contributed by atoms with Crippen LogP contribution >= 0.6 is 15.9 Å². The van der Waals surface area contributed by atoms with Gasteiger partial charge in [-0.2, -0.15) is 0 Å². The molecule has 1 heterocycles. The normalized spacial score (nSPS) is 11.8. The predicted octanol–water partition coefficient (Wildman–Crippen LogP) is 2.90. The van der Waals surface area contributed by atoms with Crippen LogP contribution in [0, 0.1) is 5.82 Å². The lowest BCUT2D eigenvalue weighted by Crippen LogP contribution is -2.38. The Bertz CT molecular complexity index is 730. The van der Waals surface area contributed by atoms with E-state index in [9.17, 15) is 14.3 Å². The second-order valence-corrected chi connectivity index (χ2v) is 6.02. The fraction of sp³-hybridized carbons (Fsp3) is 0.294. The van der Waals surface area contributed by atoms with Crippen molar-refractivity contribution in [3.63, 3.8) is 0 Å². The number of aromatic nitrogens is 1. The van der Waals surface area contributed by atoms with Crippen LogP contribution in [0.15, 0.2) is 41.0 Å². The SMILES string of the molecule is COCC[C@@H](CO)NC(=O)c1cccnc1Oc1ccc(F)cc1Br. The van der Waals surface area contributed by atoms with E-state index in [4.69, 9.17) is 9.47 Å². The number of aliphatic hydroxyl groups is 1. The quantitative estimate of drug-likeness (QED) is 0.696. The van der Waals surface area contributed by atoms with Gasteiger partial charge in [0.2, 0.25) is 5.88 Å². The van der Waals surface area contributed by atoms with Gasteiger partial charge in [-0.15, -0.1) is 0 Å². The third-order valence-electron chi connectivity index (χ3n) is 3.34. The van der Waals surface area contributed by atoms with Crippen LogP contribution in [0.4, 0.5) is 4.39 Å². The summed E-state index contributed by atoms with van der Waals surface area (Å²) in [7, 11) is 1.55. The molecule has 1 aromatic heterocycles. The Hall–Kier alpha value is -2.03. The standard InChI is InChI=1S/C17H18BrFN2O4/c1-24-8-6-12(10-22)21-16(23)13-3-2-7-20-17(13)25-15-5-4-11(19)9-14(15)18/h2-5,7,9,12,22H,6,8,10H2,1H3,(H,21,23)/t12-/m0/s1. The third kappa shape index (κ3) is 5.48. The molecule has 0 radical (unpaired) electrons. The van der Waals surface area contributed by atoms with Crippen LogP contribution in [0.5, 0.6) is 11.6 Å². The second-order valence-electron chi connectivity index (χ2n) is 5.17. The Balaban J connectivity index is 2.17. The van der Waals surface area contributed by atoms with Gasteiger partial charge in [0.25, 0.3) is 5.91 Å². The Morgan fingerprint density at radius 2 is 2.24 bits per heavy atom. The fourth-order valence-corrected chi connectivity index (χ4v) is 2.47. The Kier molecular flexibility index (Phi) is 7.30. The van der Waals surface area contributed by atoms with Gasteiger partial charge < -0.3 is 19.9 Å². The van der Waals surface area contributed by atoms with Crippen molar-refractivity contribution in [1.29, 1.82) is 0 Å². The fourth-order valence-electron chi connectivity index (χ4n) is 2.04. The van der Waals surface area contributed by atoms with E-state index in [1.807, 2.05) is 0 Å². The molecular weight excluding hydrogens is 395 g/mol. The molecule has 1 aromatic carbocycles. The number of nitrogens with zero attached hydrogens (tertiary/aromatic N) is 1. The summed E-state index contributed by atoms with van der Waals surface area (Å²) in [6, 6.07) is 6.65. The molecule has 0 bridgehead atoms. The minimum absolute atomic E-state index is 0.0794. The van der Waals surface area contributed by atoms with Gasteiger partial charge in [-0.1, -0.05) is 0 Å². The number of ether oxygens (including phenoxy) is 2. The highest BCUT2D eigenvalue weighted by molar-refractivity contribution is 9.10. The molecule has 2 N–H and O–H groups in total. The maximum Gasteiger partial charge on any atom is 0.257 e. The molecule has 0 fully saturated rings. The first kappa shape index (κ1) is 19.3. The Morgan fingerprint density at radius 1 is 1.44 bits per heavy atom. The van der Waals surface area contributed by atoms with Crippen molar-refractivity contribution >= 4 is 21.8 Å². The van der Waals surface area contributed by atoms with Gasteiger partial charge >= 0.3 is 0 Å². The maximum atomic E-state index is 13.2. The lowest BCUT2D eigenvalue weighted by Gasteiger charge is -2.17. The Labute approximate surface area is 153 Å². The first-order valence-corrected chi connectivity index (χ1v) is 8.33. The molecule has 0 aliphatic rings. The number of hydrogen-bond donors (Lipinski definition) is 2. The van der Waals surface area contributed by atoms with Crippen LogP contribution in [-0.4, -0.2) is 42.4 Å². The zero-order valence-corrected chi connectivity index (χ0v) is 15.1. The molecule has 8 heteroatoms. The Morgan fingerprint density at radius 3 is 2.92 bits per heavy atom.